The van der Waals surface area contributed by atoms with Crippen LogP contribution in [0.4, 0.5) is 4.79 Å². The van der Waals surface area contributed by atoms with Crippen LogP contribution < -0.4 is 5.32 Å². The molecule has 1 heterocycles. The molecule has 1 aliphatic heterocycles. The molecule has 0 aromatic rings. The summed E-state index contributed by atoms with van der Waals surface area (Å²) in [6.45, 7) is 4.87. The molecule has 1 fully saturated rings. The molecular formula is C13H23N3O4. The molecule has 7 nitrogen and oxygen atoms in total. The number of carbonyl (C=O) groups is 3. The molecule has 0 saturated carbocycles. The zero-order valence-electron chi connectivity index (χ0n) is 12.3. The number of urea groups is 1. The summed E-state index contributed by atoms with van der Waals surface area (Å²) in [6.07, 6.45) is 0.867. The topological polar surface area (TPSA) is 90.0 Å². The Morgan fingerprint density at radius 3 is 2.30 bits per heavy atom. The van der Waals surface area contributed by atoms with Gasteiger partial charge in [0.15, 0.2) is 0 Å². The van der Waals surface area contributed by atoms with Gasteiger partial charge in [0.1, 0.15) is 6.54 Å². The number of nitrogens with zero attached hydrogens (tertiary/aromatic N) is 2. The van der Waals surface area contributed by atoms with Crippen molar-refractivity contribution in [1.29, 1.82) is 0 Å². The maximum Gasteiger partial charge on any atom is 0.320 e. The van der Waals surface area contributed by atoms with Crippen molar-refractivity contribution >= 4 is 17.9 Å². The van der Waals surface area contributed by atoms with Crippen molar-refractivity contribution in [2.45, 2.75) is 26.7 Å². The van der Waals surface area contributed by atoms with E-state index in [1.165, 1.54) is 4.90 Å². The molecule has 0 atom stereocenters. The SMILES string of the molecule is CCNC(=O)CN(C)C(=O)N1CCC(C)(C(=O)O)CC1. The Kier molecular flexibility index (Phi) is 5.35. The molecule has 2 N–H and O–H groups in total. The van der Waals surface area contributed by atoms with Crippen LogP contribution in [0.15, 0.2) is 0 Å². The van der Waals surface area contributed by atoms with Gasteiger partial charge in [-0.05, 0) is 26.7 Å². The minimum absolute atomic E-state index is 0.0133. The van der Waals surface area contributed by atoms with Crippen LogP contribution in [0, 0.1) is 5.41 Å². The lowest BCUT2D eigenvalue weighted by Crippen LogP contribution is -2.50. The average molecular weight is 285 g/mol. The number of likely N-dealkylation sites (N-methyl/N-ethyl adjacent to an activating group) is 2. The van der Waals surface area contributed by atoms with E-state index >= 15 is 0 Å². The fraction of sp³-hybridized carbons (Fsp3) is 0.769. The van der Waals surface area contributed by atoms with E-state index in [1.54, 1.807) is 18.9 Å². The summed E-state index contributed by atoms with van der Waals surface area (Å²) < 4.78 is 0. The third-order valence-electron chi connectivity index (χ3n) is 3.74. The van der Waals surface area contributed by atoms with Crippen LogP contribution in [0.25, 0.3) is 0 Å². The van der Waals surface area contributed by atoms with Gasteiger partial charge in [0.2, 0.25) is 5.91 Å². The number of carboxylic acid groups (broad SMARTS) is 1. The predicted octanol–water partition coefficient (Wildman–Crippen LogP) is 0.361. The first kappa shape index (κ1) is 16.3. The molecular weight excluding hydrogens is 262 g/mol. The average Bonchev–Trinajstić information content (AvgIpc) is 2.38. The van der Waals surface area contributed by atoms with Crippen molar-refractivity contribution < 1.29 is 19.5 Å². The Morgan fingerprint density at radius 2 is 1.85 bits per heavy atom. The van der Waals surface area contributed by atoms with E-state index in [2.05, 4.69) is 5.32 Å². The van der Waals surface area contributed by atoms with E-state index in [4.69, 9.17) is 5.11 Å². The smallest absolute Gasteiger partial charge is 0.320 e. The van der Waals surface area contributed by atoms with Crippen molar-refractivity contribution in [2.24, 2.45) is 5.41 Å². The normalized spacial score (nSPS) is 17.4. The fourth-order valence-corrected chi connectivity index (χ4v) is 2.18. The first-order chi connectivity index (χ1) is 9.30. The number of piperidine rings is 1. The van der Waals surface area contributed by atoms with Gasteiger partial charge in [-0.3, -0.25) is 9.59 Å². The van der Waals surface area contributed by atoms with Crippen LogP contribution in [-0.2, 0) is 9.59 Å². The van der Waals surface area contributed by atoms with Gasteiger partial charge in [-0.25, -0.2) is 4.79 Å². The van der Waals surface area contributed by atoms with Crippen LogP contribution in [0.1, 0.15) is 26.7 Å². The van der Waals surface area contributed by atoms with Crippen LogP contribution in [0.3, 0.4) is 0 Å². The number of amides is 3. The highest BCUT2D eigenvalue weighted by atomic mass is 16.4. The number of nitrogens with one attached hydrogen (secondary N) is 1. The highest BCUT2D eigenvalue weighted by Crippen LogP contribution is 2.31. The second-order valence-corrected chi connectivity index (χ2v) is 5.45. The highest BCUT2D eigenvalue weighted by molar-refractivity contribution is 5.84. The largest absolute Gasteiger partial charge is 0.481 e. The summed E-state index contributed by atoms with van der Waals surface area (Å²) >= 11 is 0. The molecule has 1 rings (SSSR count). The zero-order valence-corrected chi connectivity index (χ0v) is 12.3. The standard InChI is InChI=1S/C13H23N3O4/c1-4-14-10(17)9-15(3)12(20)16-7-5-13(2,6-8-16)11(18)19/h4-9H2,1-3H3,(H,14,17)(H,18,19). The summed E-state index contributed by atoms with van der Waals surface area (Å²) in [4.78, 5) is 37.7. The summed E-state index contributed by atoms with van der Waals surface area (Å²) in [5.41, 5.74) is -0.755. The number of aliphatic carboxylic acids is 1. The molecule has 114 valence electrons. The molecule has 0 bridgehead atoms. The number of hydrogen-bond donors (Lipinski definition) is 2. The summed E-state index contributed by atoms with van der Waals surface area (Å²) in [5.74, 6) is -1.02. The van der Waals surface area contributed by atoms with Crippen LogP contribution in [0.5, 0.6) is 0 Å². The van der Waals surface area contributed by atoms with Crippen molar-refractivity contribution in [3.8, 4) is 0 Å². The second-order valence-electron chi connectivity index (χ2n) is 5.45. The van der Waals surface area contributed by atoms with E-state index in [1.807, 2.05) is 6.92 Å². The minimum atomic E-state index is -0.819. The lowest BCUT2D eigenvalue weighted by Gasteiger charge is -2.37. The van der Waals surface area contributed by atoms with Crippen molar-refractivity contribution in [1.82, 2.24) is 15.1 Å². The van der Waals surface area contributed by atoms with Gasteiger partial charge in [-0.15, -0.1) is 0 Å². The van der Waals surface area contributed by atoms with Gasteiger partial charge in [-0.2, -0.15) is 0 Å². The molecule has 20 heavy (non-hydrogen) atoms. The van der Waals surface area contributed by atoms with Crippen molar-refractivity contribution in [2.75, 3.05) is 33.2 Å². The molecule has 0 spiro atoms. The van der Waals surface area contributed by atoms with Crippen LogP contribution >= 0.6 is 0 Å². The van der Waals surface area contributed by atoms with Crippen LogP contribution in [-0.4, -0.2) is 66.0 Å². The Morgan fingerprint density at radius 1 is 1.30 bits per heavy atom. The third kappa shape index (κ3) is 3.85. The molecule has 0 unspecified atom stereocenters. The Balaban J connectivity index is 2.50. The first-order valence-electron chi connectivity index (χ1n) is 6.80. The Labute approximate surface area is 118 Å². The lowest BCUT2D eigenvalue weighted by atomic mass is 9.80. The van der Waals surface area contributed by atoms with E-state index in [9.17, 15) is 14.4 Å². The second kappa shape index (κ2) is 6.58. The number of rotatable bonds is 4. The molecule has 0 aromatic carbocycles. The molecule has 1 saturated heterocycles. The van der Waals surface area contributed by atoms with Crippen molar-refractivity contribution in [3.05, 3.63) is 0 Å². The molecule has 1 aliphatic rings. The Hall–Kier alpha value is -1.79. The number of hydrogen-bond acceptors (Lipinski definition) is 3. The molecule has 0 aliphatic carbocycles. The molecule has 7 heteroatoms. The monoisotopic (exact) mass is 285 g/mol. The number of carboxylic acids is 1. The van der Waals surface area contributed by atoms with E-state index in [0.717, 1.165) is 0 Å². The maximum absolute atomic E-state index is 12.1. The van der Waals surface area contributed by atoms with E-state index in [0.29, 0.717) is 32.5 Å². The highest BCUT2D eigenvalue weighted by Gasteiger charge is 2.38. The zero-order chi connectivity index (χ0) is 15.3. The van der Waals surface area contributed by atoms with Crippen LogP contribution in [0.2, 0.25) is 0 Å². The van der Waals surface area contributed by atoms with Crippen molar-refractivity contribution in [3.63, 3.8) is 0 Å². The van der Waals surface area contributed by atoms with Gasteiger partial charge in [0, 0.05) is 26.7 Å². The quantitative estimate of drug-likeness (QED) is 0.780. The van der Waals surface area contributed by atoms with Gasteiger partial charge in [-0.1, -0.05) is 0 Å². The summed E-state index contributed by atoms with van der Waals surface area (Å²) in [5, 5.41) is 11.8. The fourth-order valence-electron chi connectivity index (χ4n) is 2.18. The van der Waals surface area contributed by atoms with E-state index < -0.39 is 11.4 Å². The number of likely N-dealkylation sites (tertiary alicyclic amines) is 1. The molecule has 3 amide bonds. The number of carbonyl (C=O) groups excluding carboxylic acids is 2. The summed E-state index contributed by atoms with van der Waals surface area (Å²) in [6, 6.07) is -0.233. The first-order valence-corrected chi connectivity index (χ1v) is 6.80. The van der Waals surface area contributed by atoms with Gasteiger partial charge >= 0.3 is 12.0 Å². The van der Waals surface area contributed by atoms with Gasteiger partial charge in [0.05, 0.1) is 5.41 Å². The third-order valence-corrected chi connectivity index (χ3v) is 3.74. The lowest BCUT2D eigenvalue weighted by molar-refractivity contribution is -0.150. The Bertz CT molecular complexity index is 389. The summed E-state index contributed by atoms with van der Waals surface area (Å²) in [7, 11) is 1.57. The van der Waals surface area contributed by atoms with Gasteiger partial charge < -0.3 is 20.2 Å². The maximum atomic E-state index is 12.1. The predicted molar refractivity (Wildman–Crippen MR) is 73.3 cm³/mol. The molecule has 0 aromatic heterocycles. The van der Waals surface area contributed by atoms with Gasteiger partial charge in [0.25, 0.3) is 0 Å². The molecule has 0 radical (unpaired) electrons. The van der Waals surface area contributed by atoms with E-state index in [-0.39, 0.29) is 18.5 Å². The minimum Gasteiger partial charge on any atom is -0.481 e.